The summed E-state index contributed by atoms with van der Waals surface area (Å²) in [5, 5.41) is 2.82. The van der Waals surface area contributed by atoms with Gasteiger partial charge in [-0.15, -0.1) is 0 Å². The summed E-state index contributed by atoms with van der Waals surface area (Å²) in [4.78, 5) is 12.1. The second-order valence-electron chi connectivity index (χ2n) is 5.24. The number of benzene rings is 1. The maximum atomic E-state index is 12.2. The minimum Gasteiger partial charge on any atom is -0.435 e. The van der Waals surface area contributed by atoms with Crippen molar-refractivity contribution in [2.45, 2.75) is 44.6 Å². The zero-order valence-electron chi connectivity index (χ0n) is 12.3. The molecule has 0 aromatic heterocycles. The Hall–Kier alpha value is -1.73. The molecule has 122 valence electrons. The summed E-state index contributed by atoms with van der Waals surface area (Å²) >= 11 is 0. The van der Waals surface area contributed by atoms with Gasteiger partial charge in [-0.05, 0) is 37.5 Å². The van der Waals surface area contributed by atoms with Gasteiger partial charge in [0.15, 0.2) is 0 Å². The van der Waals surface area contributed by atoms with Crippen molar-refractivity contribution in [1.82, 2.24) is 5.32 Å². The maximum absolute atomic E-state index is 12.2. The summed E-state index contributed by atoms with van der Waals surface area (Å²) < 4.78 is 34.3. The molecule has 1 aromatic rings. The quantitative estimate of drug-likeness (QED) is 0.842. The van der Waals surface area contributed by atoms with Crippen molar-refractivity contribution in [1.29, 1.82) is 0 Å². The summed E-state index contributed by atoms with van der Waals surface area (Å²) in [5.74, 6) is -0.155. The number of carbonyl (C=O) groups is 1. The predicted octanol–water partition coefficient (Wildman–Crippen LogP) is 1.97. The van der Waals surface area contributed by atoms with Gasteiger partial charge in [0.25, 0.3) is 0 Å². The molecular weight excluding hydrogens is 294 g/mol. The molecule has 0 bridgehead atoms. The molecule has 1 unspecified atom stereocenters. The second kappa shape index (κ2) is 7.51. The van der Waals surface area contributed by atoms with Crippen molar-refractivity contribution < 1.29 is 23.0 Å². The molecule has 1 fully saturated rings. The Morgan fingerprint density at radius 3 is 2.91 bits per heavy atom. The summed E-state index contributed by atoms with van der Waals surface area (Å²) in [6.07, 6.45) is 0.820. The highest BCUT2D eigenvalue weighted by Gasteiger charge is 2.30. The Labute approximate surface area is 127 Å². The van der Waals surface area contributed by atoms with Gasteiger partial charge in [0, 0.05) is 6.54 Å². The van der Waals surface area contributed by atoms with Crippen molar-refractivity contribution in [3.05, 3.63) is 29.8 Å². The Kier molecular flexibility index (Phi) is 5.68. The normalized spacial score (nSPS) is 22.6. The molecule has 2 rings (SSSR count). The van der Waals surface area contributed by atoms with Crippen LogP contribution in [0.1, 0.15) is 31.4 Å². The van der Waals surface area contributed by atoms with E-state index in [0.29, 0.717) is 18.5 Å². The highest BCUT2D eigenvalue weighted by molar-refractivity contribution is 5.81. The number of nitrogens with one attached hydrogen (secondary N) is 1. The first kappa shape index (κ1) is 16.6. The number of carbonyl (C=O) groups excluding carboxylic acids is 1. The van der Waals surface area contributed by atoms with Gasteiger partial charge in [0.2, 0.25) is 5.91 Å². The van der Waals surface area contributed by atoms with Gasteiger partial charge < -0.3 is 20.5 Å². The van der Waals surface area contributed by atoms with Crippen LogP contribution in [0.25, 0.3) is 0 Å². The first-order valence-electron chi connectivity index (χ1n) is 7.20. The van der Waals surface area contributed by atoms with Crippen molar-refractivity contribution in [3.8, 4) is 5.75 Å². The number of nitrogens with two attached hydrogens (primary N) is 1. The van der Waals surface area contributed by atoms with Crippen LogP contribution in [0.2, 0.25) is 0 Å². The van der Waals surface area contributed by atoms with Gasteiger partial charge in [-0.1, -0.05) is 12.1 Å². The van der Waals surface area contributed by atoms with Crippen LogP contribution >= 0.6 is 0 Å². The highest BCUT2D eigenvalue weighted by Crippen LogP contribution is 2.23. The van der Waals surface area contributed by atoms with Crippen LogP contribution in [0.5, 0.6) is 5.75 Å². The van der Waals surface area contributed by atoms with Crippen LogP contribution in [0.15, 0.2) is 24.3 Å². The molecule has 1 saturated heterocycles. The molecule has 22 heavy (non-hydrogen) atoms. The summed E-state index contributed by atoms with van der Waals surface area (Å²) in [6.45, 7) is -0.707. The molecule has 1 aliphatic rings. The van der Waals surface area contributed by atoms with E-state index in [9.17, 15) is 13.6 Å². The predicted molar refractivity (Wildman–Crippen MR) is 76.6 cm³/mol. The second-order valence-corrected chi connectivity index (χ2v) is 5.24. The fraction of sp³-hybridized carbons (Fsp3) is 0.533. The molecule has 3 N–H and O–H groups in total. The SMILES string of the molecule is CC(NC(=O)[C@@H]1CC[C@H](CN)O1)c1cccc(OC(F)F)c1. The van der Waals surface area contributed by atoms with E-state index >= 15 is 0 Å². The van der Waals surface area contributed by atoms with Gasteiger partial charge in [0.05, 0.1) is 12.1 Å². The van der Waals surface area contributed by atoms with Gasteiger partial charge in [-0.3, -0.25) is 4.79 Å². The number of halogens is 2. The number of alkyl halides is 2. The minimum atomic E-state index is -2.87. The number of hydrogen-bond acceptors (Lipinski definition) is 4. The molecule has 1 aromatic carbocycles. The average Bonchev–Trinajstić information content (AvgIpc) is 2.95. The molecule has 0 radical (unpaired) electrons. The number of amides is 1. The summed E-state index contributed by atoms with van der Waals surface area (Å²) in [5.41, 5.74) is 6.19. The van der Waals surface area contributed by atoms with E-state index in [2.05, 4.69) is 10.1 Å². The number of rotatable bonds is 6. The molecule has 5 nitrogen and oxygen atoms in total. The van der Waals surface area contributed by atoms with E-state index in [1.54, 1.807) is 19.1 Å². The Morgan fingerprint density at radius 1 is 1.50 bits per heavy atom. The zero-order valence-corrected chi connectivity index (χ0v) is 12.3. The largest absolute Gasteiger partial charge is 0.435 e. The van der Waals surface area contributed by atoms with Gasteiger partial charge in [-0.25, -0.2) is 0 Å². The highest BCUT2D eigenvalue weighted by atomic mass is 19.3. The molecular formula is C15H20F2N2O3. The third-order valence-electron chi connectivity index (χ3n) is 3.60. The van der Waals surface area contributed by atoms with Crippen molar-refractivity contribution >= 4 is 5.91 Å². The van der Waals surface area contributed by atoms with Crippen molar-refractivity contribution in [2.24, 2.45) is 5.73 Å². The number of ether oxygens (including phenoxy) is 2. The fourth-order valence-corrected chi connectivity index (χ4v) is 2.42. The summed E-state index contributed by atoms with van der Waals surface area (Å²) in [6, 6.07) is 5.92. The van der Waals surface area contributed by atoms with E-state index in [0.717, 1.165) is 6.42 Å². The van der Waals surface area contributed by atoms with E-state index in [4.69, 9.17) is 10.5 Å². The van der Waals surface area contributed by atoms with Crippen LogP contribution in [0.3, 0.4) is 0 Å². The zero-order chi connectivity index (χ0) is 16.1. The fourth-order valence-electron chi connectivity index (χ4n) is 2.42. The van der Waals surface area contributed by atoms with E-state index < -0.39 is 12.7 Å². The lowest BCUT2D eigenvalue weighted by molar-refractivity contribution is -0.132. The Morgan fingerprint density at radius 2 is 2.27 bits per heavy atom. The van der Waals surface area contributed by atoms with E-state index in [1.165, 1.54) is 12.1 Å². The van der Waals surface area contributed by atoms with Crippen LogP contribution < -0.4 is 15.8 Å². The lowest BCUT2D eigenvalue weighted by Gasteiger charge is -2.18. The standard InChI is InChI=1S/C15H20F2N2O3/c1-9(10-3-2-4-11(7-10)22-15(16)17)19-14(20)13-6-5-12(8-18)21-13/h2-4,7,9,12-13,15H,5-6,8,18H2,1H3,(H,19,20)/t9?,12-,13+/m1/s1. The first-order valence-corrected chi connectivity index (χ1v) is 7.20. The van der Waals surface area contributed by atoms with E-state index in [-0.39, 0.29) is 23.8 Å². The third kappa shape index (κ3) is 4.38. The van der Waals surface area contributed by atoms with Gasteiger partial charge in [0.1, 0.15) is 11.9 Å². The topological polar surface area (TPSA) is 73.6 Å². The molecule has 1 aliphatic heterocycles. The maximum Gasteiger partial charge on any atom is 0.387 e. The van der Waals surface area contributed by atoms with E-state index in [1.807, 2.05) is 0 Å². The third-order valence-corrected chi connectivity index (χ3v) is 3.60. The molecule has 7 heteroatoms. The lowest BCUT2D eigenvalue weighted by Crippen LogP contribution is -2.37. The van der Waals surface area contributed by atoms with Crippen LogP contribution in [0, 0.1) is 0 Å². The monoisotopic (exact) mass is 314 g/mol. The van der Waals surface area contributed by atoms with Crippen molar-refractivity contribution in [3.63, 3.8) is 0 Å². The Balaban J connectivity index is 1.94. The number of hydrogen-bond donors (Lipinski definition) is 2. The smallest absolute Gasteiger partial charge is 0.387 e. The molecule has 0 spiro atoms. The molecule has 1 amide bonds. The molecule has 3 atom stereocenters. The molecule has 0 aliphatic carbocycles. The minimum absolute atomic E-state index is 0.0638. The van der Waals surface area contributed by atoms with Crippen LogP contribution in [0.4, 0.5) is 8.78 Å². The molecule has 0 saturated carbocycles. The average molecular weight is 314 g/mol. The Bertz CT molecular complexity index is 513. The van der Waals surface area contributed by atoms with Gasteiger partial charge >= 0.3 is 6.61 Å². The van der Waals surface area contributed by atoms with Gasteiger partial charge in [-0.2, -0.15) is 8.78 Å². The lowest BCUT2D eigenvalue weighted by atomic mass is 10.1. The van der Waals surface area contributed by atoms with Crippen LogP contribution in [-0.2, 0) is 9.53 Å². The first-order chi connectivity index (χ1) is 10.5. The van der Waals surface area contributed by atoms with Crippen molar-refractivity contribution in [2.75, 3.05) is 6.54 Å². The van der Waals surface area contributed by atoms with Crippen LogP contribution in [-0.4, -0.2) is 31.3 Å². The summed E-state index contributed by atoms with van der Waals surface area (Å²) in [7, 11) is 0. The molecule has 1 heterocycles.